The molecule has 1 heterocycles. The van der Waals surface area contributed by atoms with E-state index >= 15 is 0 Å². The van der Waals surface area contributed by atoms with Crippen molar-refractivity contribution in [3.63, 3.8) is 0 Å². The zero-order valence-electron chi connectivity index (χ0n) is 28.9. The maximum Gasteiger partial charge on any atom is 0.322 e. The Kier molecular flexibility index (Phi) is 15.9. The molecule has 4 aromatic carbocycles. The SMILES string of the molecule is CN[C@@H](CN(CCNCc1ccccc1)Cc1ccccc1)C(=O)O.CN[C@H]1CN(Cc2ccccc2)CCN(Cc2ccccc2)C1=O. The van der Waals surface area contributed by atoms with Gasteiger partial charge < -0.3 is 26.0 Å². The van der Waals surface area contributed by atoms with E-state index in [1.54, 1.807) is 7.05 Å². The molecule has 0 saturated carbocycles. The van der Waals surface area contributed by atoms with Crippen LogP contribution >= 0.6 is 0 Å². The first-order chi connectivity index (χ1) is 23.9. The monoisotopic (exact) mass is 664 g/mol. The summed E-state index contributed by atoms with van der Waals surface area (Å²) in [4.78, 5) is 30.6. The lowest BCUT2D eigenvalue weighted by atomic mass is 10.2. The average molecular weight is 665 g/mol. The van der Waals surface area contributed by atoms with Gasteiger partial charge in [-0.1, -0.05) is 121 Å². The lowest BCUT2D eigenvalue weighted by Gasteiger charge is -2.25. The van der Waals surface area contributed by atoms with E-state index in [0.717, 1.165) is 52.4 Å². The minimum Gasteiger partial charge on any atom is -0.480 e. The summed E-state index contributed by atoms with van der Waals surface area (Å²) in [5, 5.41) is 18.8. The van der Waals surface area contributed by atoms with Crippen LogP contribution in [-0.4, -0.2) is 97.1 Å². The lowest BCUT2D eigenvalue weighted by Crippen LogP contribution is -2.46. The molecule has 0 unspecified atom stereocenters. The molecule has 4 N–H and O–H groups in total. The van der Waals surface area contributed by atoms with Gasteiger partial charge in [0.05, 0.1) is 6.04 Å². The van der Waals surface area contributed by atoms with Crippen LogP contribution in [0.4, 0.5) is 0 Å². The van der Waals surface area contributed by atoms with Crippen LogP contribution in [0.25, 0.3) is 0 Å². The zero-order chi connectivity index (χ0) is 34.7. The van der Waals surface area contributed by atoms with Crippen LogP contribution in [0, 0.1) is 0 Å². The number of nitrogens with one attached hydrogen (secondary N) is 3. The molecule has 5 rings (SSSR count). The van der Waals surface area contributed by atoms with Gasteiger partial charge in [0.25, 0.3) is 0 Å². The molecule has 1 aliphatic heterocycles. The molecular formula is C40H52N6O3. The average Bonchev–Trinajstić information content (AvgIpc) is 3.28. The lowest BCUT2D eigenvalue weighted by molar-refractivity contribution is -0.140. The number of hydrogen-bond acceptors (Lipinski definition) is 7. The third-order valence-corrected chi connectivity index (χ3v) is 8.66. The normalized spacial score (nSPS) is 15.7. The fourth-order valence-electron chi connectivity index (χ4n) is 5.87. The summed E-state index contributed by atoms with van der Waals surface area (Å²) in [6.07, 6.45) is 0. The smallest absolute Gasteiger partial charge is 0.322 e. The molecule has 0 radical (unpaired) electrons. The van der Waals surface area contributed by atoms with Crippen molar-refractivity contribution in [3.8, 4) is 0 Å². The Hall–Kier alpha value is -4.38. The molecule has 260 valence electrons. The zero-order valence-corrected chi connectivity index (χ0v) is 28.9. The number of nitrogens with zero attached hydrogens (tertiary/aromatic N) is 3. The predicted molar refractivity (Wildman–Crippen MR) is 197 cm³/mol. The van der Waals surface area contributed by atoms with Crippen molar-refractivity contribution in [3.05, 3.63) is 144 Å². The second-order valence-corrected chi connectivity index (χ2v) is 12.4. The van der Waals surface area contributed by atoms with Gasteiger partial charge in [-0.25, -0.2) is 0 Å². The van der Waals surface area contributed by atoms with Crippen molar-refractivity contribution in [2.45, 2.75) is 38.3 Å². The summed E-state index contributed by atoms with van der Waals surface area (Å²) in [7, 11) is 3.56. The number of rotatable bonds is 16. The molecule has 0 aliphatic carbocycles. The van der Waals surface area contributed by atoms with Crippen molar-refractivity contribution in [1.29, 1.82) is 0 Å². The van der Waals surface area contributed by atoms with E-state index in [-0.39, 0.29) is 11.9 Å². The number of likely N-dealkylation sites (N-methyl/N-ethyl adjacent to an activating group) is 2. The highest BCUT2D eigenvalue weighted by molar-refractivity contribution is 5.82. The van der Waals surface area contributed by atoms with E-state index in [0.29, 0.717) is 13.1 Å². The first-order valence-electron chi connectivity index (χ1n) is 17.1. The third kappa shape index (κ3) is 13.2. The Morgan fingerprint density at radius 1 is 0.776 bits per heavy atom. The highest BCUT2D eigenvalue weighted by atomic mass is 16.4. The van der Waals surface area contributed by atoms with Gasteiger partial charge in [-0.15, -0.1) is 0 Å². The Bertz CT molecular complexity index is 1490. The van der Waals surface area contributed by atoms with E-state index in [9.17, 15) is 14.7 Å². The van der Waals surface area contributed by atoms with Gasteiger partial charge in [-0.3, -0.25) is 19.4 Å². The highest BCUT2D eigenvalue weighted by Gasteiger charge is 2.29. The Morgan fingerprint density at radius 2 is 1.31 bits per heavy atom. The van der Waals surface area contributed by atoms with Crippen molar-refractivity contribution in [1.82, 2.24) is 30.7 Å². The van der Waals surface area contributed by atoms with Gasteiger partial charge in [-0.05, 0) is 36.3 Å². The molecule has 49 heavy (non-hydrogen) atoms. The molecule has 1 fully saturated rings. The molecule has 0 spiro atoms. The molecule has 1 saturated heterocycles. The van der Waals surface area contributed by atoms with Crippen LogP contribution < -0.4 is 16.0 Å². The summed E-state index contributed by atoms with van der Waals surface area (Å²) in [5.74, 6) is -0.630. The highest BCUT2D eigenvalue weighted by Crippen LogP contribution is 2.13. The van der Waals surface area contributed by atoms with Crippen LogP contribution in [-0.2, 0) is 35.8 Å². The van der Waals surface area contributed by atoms with Gasteiger partial charge in [-0.2, -0.15) is 0 Å². The molecular weight excluding hydrogens is 612 g/mol. The summed E-state index contributed by atoms with van der Waals surface area (Å²) in [6, 6.07) is 40.3. The number of carbonyl (C=O) groups is 2. The van der Waals surface area contributed by atoms with Crippen LogP contribution in [0.3, 0.4) is 0 Å². The second-order valence-electron chi connectivity index (χ2n) is 12.4. The quantitative estimate of drug-likeness (QED) is 0.133. The third-order valence-electron chi connectivity index (χ3n) is 8.66. The Balaban J connectivity index is 0.000000221. The van der Waals surface area contributed by atoms with Gasteiger partial charge >= 0.3 is 5.97 Å². The number of carboxylic acids is 1. The van der Waals surface area contributed by atoms with E-state index < -0.39 is 12.0 Å². The van der Waals surface area contributed by atoms with E-state index in [2.05, 4.69) is 86.4 Å². The largest absolute Gasteiger partial charge is 0.480 e. The fraction of sp³-hybridized carbons (Fsp3) is 0.350. The number of benzene rings is 4. The first-order valence-corrected chi connectivity index (χ1v) is 17.1. The van der Waals surface area contributed by atoms with Crippen molar-refractivity contribution in [2.24, 2.45) is 0 Å². The number of carboxylic acid groups (broad SMARTS) is 1. The molecule has 0 aromatic heterocycles. The van der Waals surface area contributed by atoms with Crippen LogP contribution in [0.1, 0.15) is 22.3 Å². The van der Waals surface area contributed by atoms with Gasteiger partial charge in [0, 0.05) is 65.4 Å². The Labute approximate surface area is 291 Å². The van der Waals surface area contributed by atoms with Gasteiger partial charge in [0.2, 0.25) is 5.91 Å². The van der Waals surface area contributed by atoms with Crippen molar-refractivity contribution < 1.29 is 14.7 Å². The molecule has 9 heteroatoms. The van der Waals surface area contributed by atoms with Gasteiger partial charge in [0.1, 0.15) is 6.04 Å². The maximum atomic E-state index is 12.8. The Morgan fingerprint density at radius 3 is 1.84 bits per heavy atom. The number of aliphatic carboxylic acids is 1. The van der Waals surface area contributed by atoms with Gasteiger partial charge in [0.15, 0.2) is 0 Å². The van der Waals surface area contributed by atoms with E-state index in [1.807, 2.05) is 72.6 Å². The second kappa shape index (κ2) is 20.9. The molecule has 1 amide bonds. The number of hydrogen-bond donors (Lipinski definition) is 4. The summed E-state index contributed by atoms with van der Waals surface area (Å²) in [5.41, 5.74) is 4.90. The van der Waals surface area contributed by atoms with Crippen molar-refractivity contribution >= 4 is 11.9 Å². The predicted octanol–water partition coefficient (Wildman–Crippen LogP) is 4.07. The minimum atomic E-state index is -0.821. The van der Waals surface area contributed by atoms with E-state index in [4.69, 9.17) is 0 Å². The maximum absolute atomic E-state index is 12.8. The number of amides is 1. The first kappa shape index (κ1) is 37.4. The summed E-state index contributed by atoms with van der Waals surface area (Å²) >= 11 is 0. The fourth-order valence-corrected chi connectivity index (χ4v) is 5.87. The van der Waals surface area contributed by atoms with Crippen LogP contribution in [0.5, 0.6) is 0 Å². The topological polar surface area (TPSA) is 100 Å². The molecule has 4 aromatic rings. The van der Waals surface area contributed by atoms with Crippen LogP contribution in [0.15, 0.2) is 121 Å². The molecule has 1 aliphatic rings. The molecule has 9 nitrogen and oxygen atoms in total. The molecule has 2 atom stereocenters. The van der Waals surface area contributed by atoms with Crippen molar-refractivity contribution in [2.75, 3.05) is 53.4 Å². The van der Waals surface area contributed by atoms with Crippen LogP contribution in [0.2, 0.25) is 0 Å². The number of carbonyl (C=O) groups excluding carboxylic acids is 1. The summed E-state index contributed by atoms with van der Waals surface area (Å²) < 4.78 is 0. The molecule has 0 bridgehead atoms. The van der Waals surface area contributed by atoms with E-state index in [1.165, 1.54) is 22.3 Å². The minimum absolute atomic E-state index is 0.153. The summed E-state index contributed by atoms with van der Waals surface area (Å²) in [6.45, 7) is 7.56. The standard InChI is InChI=1S/C20H27N3O2.C20H25N3O/c1-21-19(20(24)25)16-23(15-18-10-6-3-7-11-18)13-12-22-14-17-8-4-2-5-9-17;1-21-19-16-22(14-17-8-4-2-5-9-17)12-13-23(20(19)24)15-18-10-6-3-7-11-18/h2-11,19,21-22H,12-16H2,1H3,(H,24,25);2-11,19,21H,12-16H2,1H3/t2*19-/m00/s1.